The molecule has 7 nitrogen and oxygen atoms in total. The van der Waals surface area contributed by atoms with Gasteiger partial charge in [0.05, 0.1) is 12.5 Å². The van der Waals surface area contributed by atoms with E-state index in [1.54, 1.807) is 10.9 Å². The summed E-state index contributed by atoms with van der Waals surface area (Å²) in [7, 11) is 0. The number of nitrogens with zero attached hydrogens (tertiary/aromatic N) is 2. The van der Waals surface area contributed by atoms with E-state index in [4.69, 9.17) is 5.11 Å². The second-order valence-corrected chi connectivity index (χ2v) is 5.29. The third-order valence-corrected chi connectivity index (χ3v) is 3.51. The van der Waals surface area contributed by atoms with Crippen molar-refractivity contribution >= 4 is 12.0 Å². The molecule has 7 heteroatoms. The Morgan fingerprint density at radius 3 is 2.90 bits per heavy atom. The van der Waals surface area contributed by atoms with E-state index < -0.39 is 5.97 Å². The molecule has 0 aromatic carbocycles. The first-order valence-electron chi connectivity index (χ1n) is 6.82. The van der Waals surface area contributed by atoms with Gasteiger partial charge in [0.2, 0.25) is 0 Å². The number of urea groups is 1. The second kappa shape index (κ2) is 6.40. The fraction of sp³-hybridized carbons (Fsp3) is 0.615. The van der Waals surface area contributed by atoms with Gasteiger partial charge in [-0.05, 0) is 32.3 Å². The van der Waals surface area contributed by atoms with Crippen LogP contribution in [0.1, 0.15) is 26.2 Å². The molecule has 0 radical (unpaired) electrons. The fourth-order valence-corrected chi connectivity index (χ4v) is 2.52. The van der Waals surface area contributed by atoms with Gasteiger partial charge in [0.15, 0.2) is 0 Å². The molecule has 1 heterocycles. The first kappa shape index (κ1) is 14.4. The molecule has 1 aromatic heterocycles. The molecule has 110 valence electrons. The maximum atomic E-state index is 11.8. The van der Waals surface area contributed by atoms with Crippen molar-refractivity contribution in [1.82, 2.24) is 20.4 Å². The molecule has 2 rings (SSSR count). The predicted octanol–water partition coefficient (Wildman–Crippen LogP) is 0.824. The van der Waals surface area contributed by atoms with Crippen LogP contribution in [0.25, 0.3) is 0 Å². The van der Waals surface area contributed by atoms with Gasteiger partial charge in [-0.3, -0.25) is 9.48 Å². The molecule has 1 aromatic rings. The Hall–Kier alpha value is -2.05. The van der Waals surface area contributed by atoms with Crippen LogP contribution in [0.3, 0.4) is 0 Å². The van der Waals surface area contributed by atoms with Crippen molar-refractivity contribution in [2.45, 2.75) is 44.8 Å². The lowest BCUT2D eigenvalue weighted by atomic mass is 10.1. The minimum atomic E-state index is -0.776. The van der Waals surface area contributed by atoms with Crippen LogP contribution in [0.15, 0.2) is 18.5 Å². The SMILES string of the molecule is CC(Cn1cccn1)NC(=O)N[C@H]1CC[C@@H](C(=O)O)C1. The standard InChI is InChI=1S/C13H20N4O3/c1-9(8-17-6-2-5-14-17)15-13(20)16-11-4-3-10(7-11)12(18)19/h2,5-6,9-11H,3-4,7-8H2,1H3,(H,18,19)(H2,15,16,20)/t9?,10-,11+/m1/s1. The lowest BCUT2D eigenvalue weighted by molar-refractivity contribution is -0.141. The normalized spacial score (nSPS) is 23.2. The lowest BCUT2D eigenvalue weighted by Crippen LogP contribution is -2.46. The van der Waals surface area contributed by atoms with Crippen molar-refractivity contribution < 1.29 is 14.7 Å². The van der Waals surface area contributed by atoms with Crippen LogP contribution >= 0.6 is 0 Å². The minimum Gasteiger partial charge on any atom is -0.481 e. The summed E-state index contributed by atoms with van der Waals surface area (Å²) >= 11 is 0. The van der Waals surface area contributed by atoms with Crippen LogP contribution in [0.2, 0.25) is 0 Å². The fourth-order valence-electron chi connectivity index (χ4n) is 2.52. The molecule has 20 heavy (non-hydrogen) atoms. The summed E-state index contributed by atoms with van der Waals surface area (Å²) < 4.78 is 1.75. The van der Waals surface area contributed by atoms with Gasteiger partial charge < -0.3 is 15.7 Å². The van der Waals surface area contributed by atoms with Crippen LogP contribution < -0.4 is 10.6 Å². The van der Waals surface area contributed by atoms with Crippen LogP contribution in [0, 0.1) is 5.92 Å². The predicted molar refractivity (Wildman–Crippen MR) is 72.1 cm³/mol. The Morgan fingerprint density at radius 1 is 1.50 bits per heavy atom. The third kappa shape index (κ3) is 3.97. The third-order valence-electron chi connectivity index (χ3n) is 3.51. The van der Waals surface area contributed by atoms with E-state index in [0.29, 0.717) is 19.4 Å². The maximum Gasteiger partial charge on any atom is 0.315 e. The minimum absolute atomic E-state index is 0.0481. The Bertz CT molecular complexity index is 460. The van der Waals surface area contributed by atoms with Crippen molar-refractivity contribution in [3.05, 3.63) is 18.5 Å². The quantitative estimate of drug-likeness (QED) is 0.744. The zero-order chi connectivity index (χ0) is 14.5. The molecular formula is C13H20N4O3. The van der Waals surface area contributed by atoms with Crippen LogP contribution in [-0.2, 0) is 11.3 Å². The monoisotopic (exact) mass is 280 g/mol. The number of hydrogen-bond donors (Lipinski definition) is 3. The van der Waals surface area contributed by atoms with Crippen LogP contribution in [0.5, 0.6) is 0 Å². The van der Waals surface area contributed by atoms with E-state index >= 15 is 0 Å². The van der Waals surface area contributed by atoms with E-state index in [2.05, 4.69) is 15.7 Å². The van der Waals surface area contributed by atoms with Crippen molar-refractivity contribution in [3.63, 3.8) is 0 Å². The first-order chi connectivity index (χ1) is 9.54. The molecule has 3 N–H and O–H groups in total. The molecule has 0 bridgehead atoms. The summed E-state index contributed by atoms with van der Waals surface area (Å²) in [6.07, 6.45) is 5.39. The number of carbonyl (C=O) groups is 2. The number of rotatable bonds is 5. The van der Waals surface area contributed by atoms with Crippen LogP contribution in [-0.4, -0.2) is 39.0 Å². The summed E-state index contributed by atoms with van der Waals surface area (Å²) in [6, 6.07) is 1.48. The van der Waals surface area contributed by atoms with Gasteiger partial charge in [0.25, 0.3) is 0 Å². The molecule has 1 fully saturated rings. The molecule has 0 aliphatic heterocycles. The number of carboxylic acid groups (broad SMARTS) is 1. The number of carbonyl (C=O) groups excluding carboxylic acids is 1. The zero-order valence-electron chi connectivity index (χ0n) is 11.5. The van der Waals surface area contributed by atoms with E-state index in [0.717, 1.165) is 6.42 Å². The number of amides is 2. The average molecular weight is 280 g/mol. The van der Waals surface area contributed by atoms with Gasteiger partial charge in [0, 0.05) is 24.5 Å². The Balaban J connectivity index is 1.71. The van der Waals surface area contributed by atoms with Gasteiger partial charge in [-0.25, -0.2) is 4.79 Å². The van der Waals surface area contributed by atoms with E-state index in [-0.39, 0.29) is 24.0 Å². The molecule has 1 aliphatic rings. The van der Waals surface area contributed by atoms with E-state index in [1.165, 1.54) is 0 Å². The zero-order valence-corrected chi connectivity index (χ0v) is 11.5. The van der Waals surface area contributed by atoms with Crippen molar-refractivity contribution in [1.29, 1.82) is 0 Å². The summed E-state index contributed by atoms with van der Waals surface area (Å²) in [5, 5.41) is 18.7. The second-order valence-electron chi connectivity index (χ2n) is 5.29. The molecular weight excluding hydrogens is 260 g/mol. The number of carboxylic acids is 1. The number of nitrogens with one attached hydrogen (secondary N) is 2. The molecule has 1 unspecified atom stereocenters. The highest BCUT2D eigenvalue weighted by atomic mass is 16.4. The summed E-state index contributed by atoms with van der Waals surface area (Å²) in [6.45, 7) is 2.50. The molecule has 1 aliphatic carbocycles. The maximum absolute atomic E-state index is 11.8. The first-order valence-corrected chi connectivity index (χ1v) is 6.82. The van der Waals surface area contributed by atoms with Gasteiger partial charge in [-0.15, -0.1) is 0 Å². The molecule has 1 saturated carbocycles. The van der Waals surface area contributed by atoms with Crippen molar-refractivity contribution in [3.8, 4) is 0 Å². The Labute approximate surface area is 117 Å². The van der Waals surface area contributed by atoms with Crippen LogP contribution in [0.4, 0.5) is 4.79 Å². The van der Waals surface area contributed by atoms with Gasteiger partial charge in [-0.1, -0.05) is 0 Å². The summed E-state index contributed by atoms with van der Waals surface area (Å²) in [5.74, 6) is -1.11. The highest BCUT2D eigenvalue weighted by molar-refractivity contribution is 5.75. The Morgan fingerprint density at radius 2 is 2.30 bits per heavy atom. The largest absolute Gasteiger partial charge is 0.481 e. The van der Waals surface area contributed by atoms with Gasteiger partial charge >= 0.3 is 12.0 Å². The van der Waals surface area contributed by atoms with Gasteiger partial charge in [0.1, 0.15) is 0 Å². The molecule has 0 spiro atoms. The summed E-state index contributed by atoms with van der Waals surface area (Å²) in [5.41, 5.74) is 0. The van der Waals surface area contributed by atoms with Crippen molar-refractivity contribution in [2.24, 2.45) is 5.92 Å². The smallest absolute Gasteiger partial charge is 0.315 e. The summed E-state index contributed by atoms with van der Waals surface area (Å²) in [4.78, 5) is 22.7. The molecule has 2 amide bonds. The van der Waals surface area contributed by atoms with E-state index in [1.807, 2.05) is 19.2 Å². The topological polar surface area (TPSA) is 96.3 Å². The van der Waals surface area contributed by atoms with Gasteiger partial charge in [-0.2, -0.15) is 5.10 Å². The van der Waals surface area contributed by atoms with E-state index in [9.17, 15) is 9.59 Å². The number of hydrogen-bond acceptors (Lipinski definition) is 3. The highest BCUT2D eigenvalue weighted by Crippen LogP contribution is 2.25. The van der Waals surface area contributed by atoms with Crippen molar-refractivity contribution in [2.75, 3.05) is 0 Å². The number of aromatic nitrogens is 2. The molecule has 0 saturated heterocycles. The Kier molecular flexibility index (Phi) is 4.60. The lowest BCUT2D eigenvalue weighted by Gasteiger charge is -2.17. The highest BCUT2D eigenvalue weighted by Gasteiger charge is 2.30. The average Bonchev–Trinajstić information content (AvgIpc) is 2.99. The molecule has 3 atom stereocenters. The number of aliphatic carboxylic acids is 1.